The van der Waals surface area contributed by atoms with E-state index in [9.17, 15) is 4.39 Å². The SMILES string of the molecule is N#Cc1ccc(NC2CC(c3ccccc3)C2)c(F)c1. The largest absolute Gasteiger partial charge is 0.380 e. The average Bonchev–Trinajstić information content (AvgIpc) is 2.44. The second-order valence-electron chi connectivity index (χ2n) is 5.23. The predicted molar refractivity (Wildman–Crippen MR) is 76.9 cm³/mol. The molecule has 0 unspecified atom stereocenters. The molecule has 0 radical (unpaired) electrons. The molecule has 2 aromatic rings. The number of nitrogens with one attached hydrogen (secondary N) is 1. The number of hydrogen-bond acceptors (Lipinski definition) is 2. The maximum Gasteiger partial charge on any atom is 0.147 e. The van der Waals surface area contributed by atoms with E-state index in [-0.39, 0.29) is 5.82 Å². The first-order chi connectivity index (χ1) is 9.76. The lowest BCUT2D eigenvalue weighted by Crippen LogP contribution is -2.34. The van der Waals surface area contributed by atoms with Gasteiger partial charge in [0.1, 0.15) is 5.82 Å². The number of anilines is 1. The van der Waals surface area contributed by atoms with E-state index in [0.29, 0.717) is 23.2 Å². The van der Waals surface area contributed by atoms with Crippen molar-refractivity contribution in [2.24, 2.45) is 0 Å². The molecule has 1 aliphatic carbocycles. The van der Waals surface area contributed by atoms with Gasteiger partial charge in [-0.25, -0.2) is 4.39 Å². The van der Waals surface area contributed by atoms with Crippen LogP contribution in [0.15, 0.2) is 48.5 Å². The molecular weight excluding hydrogens is 251 g/mol. The van der Waals surface area contributed by atoms with Crippen LogP contribution in [0.5, 0.6) is 0 Å². The van der Waals surface area contributed by atoms with Gasteiger partial charge < -0.3 is 5.32 Å². The van der Waals surface area contributed by atoms with Crippen LogP contribution in [0.1, 0.15) is 29.9 Å². The smallest absolute Gasteiger partial charge is 0.147 e. The molecule has 2 aromatic carbocycles. The van der Waals surface area contributed by atoms with Crippen molar-refractivity contribution in [2.45, 2.75) is 24.8 Å². The summed E-state index contributed by atoms with van der Waals surface area (Å²) in [5, 5.41) is 11.9. The van der Waals surface area contributed by atoms with Gasteiger partial charge in [0.15, 0.2) is 0 Å². The highest BCUT2D eigenvalue weighted by Gasteiger charge is 2.30. The van der Waals surface area contributed by atoms with E-state index in [2.05, 4.69) is 29.6 Å². The number of benzene rings is 2. The van der Waals surface area contributed by atoms with E-state index >= 15 is 0 Å². The van der Waals surface area contributed by atoms with Crippen LogP contribution >= 0.6 is 0 Å². The first-order valence-corrected chi connectivity index (χ1v) is 6.77. The fraction of sp³-hybridized carbons (Fsp3) is 0.235. The zero-order valence-electron chi connectivity index (χ0n) is 11.0. The molecule has 20 heavy (non-hydrogen) atoms. The van der Waals surface area contributed by atoms with Crippen LogP contribution in [0.2, 0.25) is 0 Å². The van der Waals surface area contributed by atoms with Gasteiger partial charge in [0.25, 0.3) is 0 Å². The van der Waals surface area contributed by atoms with E-state index < -0.39 is 0 Å². The monoisotopic (exact) mass is 266 g/mol. The van der Waals surface area contributed by atoms with Crippen molar-refractivity contribution >= 4 is 5.69 Å². The Kier molecular flexibility index (Phi) is 3.39. The van der Waals surface area contributed by atoms with Gasteiger partial charge in [0.05, 0.1) is 17.3 Å². The minimum Gasteiger partial charge on any atom is -0.380 e. The van der Waals surface area contributed by atoms with Crippen LogP contribution in [0, 0.1) is 17.1 Å². The summed E-state index contributed by atoms with van der Waals surface area (Å²) in [6.45, 7) is 0. The molecule has 0 spiro atoms. The zero-order chi connectivity index (χ0) is 13.9. The van der Waals surface area contributed by atoms with E-state index in [0.717, 1.165) is 12.8 Å². The Hall–Kier alpha value is -2.34. The molecule has 1 aliphatic rings. The third kappa shape index (κ3) is 2.50. The number of halogens is 1. The quantitative estimate of drug-likeness (QED) is 0.909. The van der Waals surface area contributed by atoms with Gasteiger partial charge in [-0.05, 0) is 42.5 Å². The van der Waals surface area contributed by atoms with Crippen LogP contribution < -0.4 is 5.32 Å². The molecule has 0 heterocycles. The molecule has 0 bridgehead atoms. The standard InChI is InChI=1S/C17H15FN2/c18-16-8-12(11-19)6-7-17(16)20-15-9-14(10-15)13-4-2-1-3-5-13/h1-8,14-15,20H,9-10H2. The molecule has 3 rings (SSSR count). The lowest BCUT2D eigenvalue weighted by atomic mass is 9.76. The van der Waals surface area contributed by atoms with Gasteiger partial charge in [-0.3, -0.25) is 0 Å². The molecular formula is C17H15FN2. The second kappa shape index (κ2) is 5.34. The average molecular weight is 266 g/mol. The van der Waals surface area contributed by atoms with E-state index in [4.69, 9.17) is 5.26 Å². The Morgan fingerprint density at radius 1 is 1.10 bits per heavy atom. The van der Waals surface area contributed by atoms with Gasteiger partial charge in [-0.1, -0.05) is 30.3 Å². The molecule has 1 fully saturated rings. The molecule has 0 aliphatic heterocycles. The zero-order valence-corrected chi connectivity index (χ0v) is 11.0. The normalized spacial score (nSPS) is 20.8. The van der Waals surface area contributed by atoms with Crippen LogP contribution in [-0.4, -0.2) is 6.04 Å². The number of nitrogens with zero attached hydrogens (tertiary/aromatic N) is 1. The highest BCUT2D eigenvalue weighted by molar-refractivity contribution is 5.50. The fourth-order valence-corrected chi connectivity index (χ4v) is 2.65. The summed E-state index contributed by atoms with van der Waals surface area (Å²) in [5.74, 6) is 0.211. The predicted octanol–water partition coefficient (Wildman–Crippen LogP) is 4.06. The van der Waals surface area contributed by atoms with Gasteiger partial charge in [-0.2, -0.15) is 5.26 Å². The first-order valence-electron chi connectivity index (χ1n) is 6.77. The van der Waals surface area contributed by atoms with Crippen molar-refractivity contribution in [1.82, 2.24) is 0 Å². The van der Waals surface area contributed by atoms with Crippen LogP contribution in [-0.2, 0) is 0 Å². The molecule has 0 aromatic heterocycles. The van der Waals surface area contributed by atoms with Crippen molar-refractivity contribution in [3.05, 3.63) is 65.5 Å². The second-order valence-corrected chi connectivity index (χ2v) is 5.23. The van der Waals surface area contributed by atoms with E-state index in [1.165, 1.54) is 11.6 Å². The third-order valence-corrected chi connectivity index (χ3v) is 3.87. The molecule has 3 heteroatoms. The Morgan fingerprint density at radius 3 is 2.50 bits per heavy atom. The van der Waals surface area contributed by atoms with Gasteiger partial charge in [0.2, 0.25) is 0 Å². The first kappa shape index (κ1) is 12.7. The minimum atomic E-state index is -0.354. The lowest BCUT2D eigenvalue weighted by Gasteiger charge is -2.37. The molecule has 0 atom stereocenters. The Morgan fingerprint density at radius 2 is 1.85 bits per heavy atom. The number of hydrogen-bond donors (Lipinski definition) is 1. The summed E-state index contributed by atoms with van der Waals surface area (Å²) in [7, 11) is 0. The summed E-state index contributed by atoms with van der Waals surface area (Å²) in [6, 6.07) is 17.2. The Labute approximate surface area is 117 Å². The lowest BCUT2D eigenvalue weighted by molar-refractivity contribution is 0.373. The van der Waals surface area contributed by atoms with Gasteiger partial charge >= 0.3 is 0 Å². The van der Waals surface area contributed by atoms with E-state index in [1.54, 1.807) is 12.1 Å². The summed E-state index contributed by atoms with van der Waals surface area (Å²) in [6.07, 6.45) is 2.03. The summed E-state index contributed by atoms with van der Waals surface area (Å²) < 4.78 is 13.8. The van der Waals surface area contributed by atoms with Crippen molar-refractivity contribution in [3.63, 3.8) is 0 Å². The number of nitriles is 1. The van der Waals surface area contributed by atoms with Crippen molar-refractivity contribution in [2.75, 3.05) is 5.32 Å². The molecule has 1 N–H and O–H groups in total. The van der Waals surface area contributed by atoms with E-state index in [1.807, 2.05) is 12.1 Å². The fourth-order valence-electron chi connectivity index (χ4n) is 2.65. The highest BCUT2D eigenvalue weighted by Crippen LogP contribution is 2.38. The van der Waals surface area contributed by atoms with Gasteiger partial charge in [0, 0.05) is 6.04 Å². The summed E-state index contributed by atoms with van der Waals surface area (Å²) >= 11 is 0. The third-order valence-electron chi connectivity index (χ3n) is 3.87. The van der Waals surface area contributed by atoms with Gasteiger partial charge in [-0.15, -0.1) is 0 Å². The molecule has 2 nitrogen and oxygen atoms in total. The summed E-state index contributed by atoms with van der Waals surface area (Å²) in [5.41, 5.74) is 2.19. The summed E-state index contributed by atoms with van der Waals surface area (Å²) in [4.78, 5) is 0. The van der Waals surface area contributed by atoms with Crippen LogP contribution in [0.3, 0.4) is 0 Å². The molecule has 1 saturated carbocycles. The van der Waals surface area contributed by atoms with Crippen molar-refractivity contribution in [3.8, 4) is 6.07 Å². The van der Waals surface area contributed by atoms with Crippen LogP contribution in [0.4, 0.5) is 10.1 Å². The molecule has 0 amide bonds. The maximum absolute atomic E-state index is 13.8. The Balaban J connectivity index is 1.61. The number of rotatable bonds is 3. The molecule has 0 saturated heterocycles. The minimum absolute atomic E-state index is 0.308. The maximum atomic E-state index is 13.8. The van der Waals surface area contributed by atoms with Crippen molar-refractivity contribution < 1.29 is 4.39 Å². The molecule has 100 valence electrons. The highest BCUT2D eigenvalue weighted by atomic mass is 19.1. The van der Waals surface area contributed by atoms with Crippen molar-refractivity contribution in [1.29, 1.82) is 5.26 Å². The van der Waals surface area contributed by atoms with Crippen LogP contribution in [0.25, 0.3) is 0 Å². The topological polar surface area (TPSA) is 35.8 Å². The Bertz CT molecular complexity index is 640.